The van der Waals surface area contributed by atoms with Crippen LogP contribution >= 0.6 is 23.2 Å². The maximum absolute atomic E-state index is 12.5. The van der Waals surface area contributed by atoms with Crippen molar-refractivity contribution in [2.24, 2.45) is 5.10 Å². The first-order chi connectivity index (χ1) is 17.0. The van der Waals surface area contributed by atoms with E-state index in [-0.39, 0.29) is 5.91 Å². The van der Waals surface area contributed by atoms with Crippen molar-refractivity contribution in [1.29, 1.82) is 0 Å². The van der Waals surface area contributed by atoms with Crippen LogP contribution in [0, 0.1) is 0 Å². The Labute approximate surface area is 214 Å². The number of carbonyl (C=O) groups is 1. The van der Waals surface area contributed by atoms with E-state index in [1.54, 1.807) is 30.3 Å². The van der Waals surface area contributed by atoms with Gasteiger partial charge in [-0.2, -0.15) is 5.10 Å². The number of hydrogen-bond acceptors (Lipinski definition) is 4. The van der Waals surface area contributed by atoms with E-state index < -0.39 is 0 Å². The Hall–Kier alpha value is -3.38. The predicted molar refractivity (Wildman–Crippen MR) is 140 cm³/mol. The zero-order valence-electron chi connectivity index (χ0n) is 18.9. The van der Waals surface area contributed by atoms with Gasteiger partial charge in [0.15, 0.2) is 0 Å². The van der Waals surface area contributed by atoms with E-state index in [2.05, 4.69) is 39.7 Å². The molecule has 2 heterocycles. The van der Waals surface area contributed by atoms with Crippen LogP contribution in [0.25, 0.3) is 11.3 Å². The summed E-state index contributed by atoms with van der Waals surface area (Å²) in [7, 11) is 0. The SMILES string of the molecule is O=C(NN=Cc1ccc(-c2ccc(Cl)cc2Cl)o1)c1ccc(CN2CCc3ccccc3C2)cc1. The molecule has 0 radical (unpaired) electrons. The first-order valence-corrected chi connectivity index (χ1v) is 12.1. The molecule has 0 fully saturated rings. The second kappa shape index (κ2) is 10.5. The largest absolute Gasteiger partial charge is 0.455 e. The molecule has 1 aliphatic heterocycles. The van der Waals surface area contributed by atoms with Crippen LogP contribution in [-0.4, -0.2) is 23.6 Å². The molecule has 5 rings (SSSR count). The van der Waals surface area contributed by atoms with Crippen LogP contribution in [0.3, 0.4) is 0 Å². The standard InChI is InChI=1S/C28H23Cl2N3O2/c29-23-9-11-25(26(30)15-23)27-12-10-24(35-27)16-31-32-28(34)21-7-5-19(6-8-21)17-33-14-13-20-3-1-2-4-22(20)18-33/h1-12,15-16H,13-14,17-18H2,(H,32,34). The molecule has 176 valence electrons. The average Bonchev–Trinajstić information content (AvgIpc) is 3.33. The molecule has 0 bridgehead atoms. The molecule has 4 aromatic rings. The van der Waals surface area contributed by atoms with Gasteiger partial charge in [-0.15, -0.1) is 0 Å². The number of nitrogens with one attached hydrogen (secondary N) is 1. The average molecular weight is 504 g/mol. The third-order valence-corrected chi connectivity index (χ3v) is 6.56. The number of carbonyl (C=O) groups excluding carboxylic acids is 1. The van der Waals surface area contributed by atoms with Crippen molar-refractivity contribution in [2.45, 2.75) is 19.5 Å². The van der Waals surface area contributed by atoms with Crippen LogP contribution in [0.4, 0.5) is 0 Å². The normalized spacial score (nSPS) is 13.7. The molecule has 0 unspecified atom stereocenters. The Morgan fingerprint density at radius 3 is 2.60 bits per heavy atom. The van der Waals surface area contributed by atoms with Gasteiger partial charge in [-0.25, -0.2) is 5.43 Å². The molecule has 1 aliphatic rings. The number of nitrogens with zero attached hydrogens (tertiary/aromatic N) is 2. The Morgan fingerprint density at radius 2 is 1.80 bits per heavy atom. The third kappa shape index (κ3) is 5.65. The van der Waals surface area contributed by atoms with Crippen molar-refractivity contribution in [3.63, 3.8) is 0 Å². The fraction of sp³-hybridized carbons (Fsp3) is 0.143. The van der Waals surface area contributed by atoms with E-state index >= 15 is 0 Å². The number of benzene rings is 3. The summed E-state index contributed by atoms with van der Waals surface area (Å²) in [6.07, 6.45) is 2.52. The summed E-state index contributed by atoms with van der Waals surface area (Å²) in [5.41, 5.74) is 7.83. The molecule has 3 aromatic carbocycles. The summed E-state index contributed by atoms with van der Waals surface area (Å²) >= 11 is 12.2. The molecule has 0 spiro atoms. The Balaban J connectivity index is 1.15. The number of hydrazone groups is 1. The number of amides is 1. The van der Waals surface area contributed by atoms with Gasteiger partial charge < -0.3 is 4.42 Å². The number of rotatable bonds is 6. The van der Waals surface area contributed by atoms with E-state index in [4.69, 9.17) is 27.6 Å². The molecule has 1 amide bonds. The molecule has 35 heavy (non-hydrogen) atoms. The smallest absolute Gasteiger partial charge is 0.271 e. The number of hydrogen-bond donors (Lipinski definition) is 1. The highest BCUT2D eigenvalue weighted by molar-refractivity contribution is 6.36. The van der Waals surface area contributed by atoms with Gasteiger partial charge >= 0.3 is 0 Å². The van der Waals surface area contributed by atoms with Gasteiger partial charge in [0, 0.05) is 35.8 Å². The summed E-state index contributed by atoms with van der Waals surface area (Å²) in [4.78, 5) is 14.9. The van der Waals surface area contributed by atoms with Crippen molar-refractivity contribution >= 4 is 35.3 Å². The van der Waals surface area contributed by atoms with Crippen LogP contribution in [0.2, 0.25) is 10.0 Å². The monoisotopic (exact) mass is 503 g/mol. The minimum atomic E-state index is -0.285. The topological polar surface area (TPSA) is 57.8 Å². The number of halogens is 2. The van der Waals surface area contributed by atoms with Crippen LogP contribution in [0.15, 0.2) is 88.4 Å². The van der Waals surface area contributed by atoms with E-state index in [1.165, 1.54) is 22.9 Å². The lowest BCUT2D eigenvalue weighted by Crippen LogP contribution is -2.30. The lowest BCUT2D eigenvalue weighted by Gasteiger charge is -2.28. The fourth-order valence-electron chi connectivity index (χ4n) is 4.18. The van der Waals surface area contributed by atoms with Crippen molar-refractivity contribution < 1.29 is 9.21 Å². The molecule has 1 N–H and O–H groups in total. The Morgan fingerprint density at radius 1 is 1.00 bits per heavy atom. The predicted octanol–water partition coefficient (Wildman–Crippen LogP) is 6.58. The molecule has 0 saturated carbocycles. The van der Waals surface area contributed by atoms with Crippen molar-refractivity contribution in [2.75, 3.05) is 6.54 Å². The molecule has 1 aromatic heterocycles. The van der Waals surface area contributed by atoms with E-state index in [0.717, 1.165) is 31.6 Å². The Kier molecular flexibility index (Phi) is 7.00. The Bertz CT molecular complexity index is 1380. The quantitative estimate of drug-likeness (QED) is 0.239. The third-order valence-electron chi connectivity index (χ3n) is 6.01. The van der Waals surface area contributed by atoms with Crippen LogP contribution in [-0.2, 0) is 19.5 Å². The minimum absolute atomic E-state index is 0.285. The minimum Gasteiger partial charge on any atom is -0.455 e. The van der Waals surface area contributed by atoms with Gasteiger partial charge in [-0.1, -0.05) is 59.6 Å². The van der Waals surface area contributed by atoms with Gasteiger partial charge in [-0.05, 0) is 65.6 Å². The highest BCUT2D eigenvalue weighted by Gasteiger charge is 2.16. The molecule has 5 nitrogen and oxygen atoms in total. The lowest BCUT2D eigenvalue weighted by molar-refractivity contribution is 0.0955. The molecule has 7 heteroatoms. The van der Waals surface area contributed by atoms with Crippen molar-refractivity contribution in [1.82, 2.24) is 10.3 Å². The molecule has 0 saturated heterocycles. The van der Waals surface area contributed by atoms with Gasteiger partial charge in [-0.3, -0.25) is 9.69 Å². The van der Waals surface area contributed by atoms with E-state index in [1.807, 2.05) is 24.3 Å². The number of furan rings is 1. The summed E-state index contributed by atoms with van der Waals surface area (Å²) in [5, 5.41) is 5.07. The van der Waals surface area contributed by atoms with Gasteiger partial charge in [0.25, 0.3) is 5.91 Å². The fourth-order valence-corrected chi connectivity index (χ4v) is 4.69. The first-order valence-electron chi connectivity index (χ1n) is 11.3. The summed E-state index contributed by atoms with van der Waals surface area (Å²) in [6.45, 7) is 2.84. The summed E-state index contributed by atoms with van der Waals surface area (Å²) in [6, 6.07) is 25.0. The van der Waals surface area contributed by atoms with Gasteiger partial charge in [0.2, 0.25) is 0 Å². The molecule has 0 aliphatic carbocycles. The molecular formula is C28H23Cl2N3O2. The van der Waals surface area contributed by atoms with E-state index in [0.29, 0.717) is 27.1 Å². The lowest BCUT2D eigenvalue weighted by atomic mass is 9.99. The number of fused-ring (bicyclic) bond motifs is 1. The van der Waals surface area contributed by atoms with Crippen molar-refractivity contribution in [3.05, 3.63) is 117 Å². The van der Waals surface area contributed by atoms with Crippen molar-refractivity contribution in [3.8, 4) is 11.3 Å². The summed E-state index contributed by atoms with van der Waals surface area (Å²) < 4.78 is 5.76. The van der Waals surface area contributed by atoms with Gasteiger partial charge in [0.05, 0.1) is 11.2 Å². The van der Waals surface area contributed by atoms with Crippen LogP contribution < -0.4 is 5.43 Å². The highest BCUT2D eigenvalue weighted by atomic mass is 35.5. The maximum atomic E-state index is 12.5. The summed E-state index contributed by atoms with van der Waals surface area (Å²) in [5.74, 6) is 0.796. The molecule has 0 atom stereocenters. The highest BCUT2D eigenvalue weighted by Crippen LogP contribution is 2.31. The maximum Gasteiger partial charge on any atom is 0.271 e. The van der Waals surface area contributed by atoms with Crippen LogP contribution in [0.5, 0.6) is 0 Å². The second-order valence-electron chi connectivity index (χ2n) is 8.45. The van der Waals surface area contributed by atoms with E-state index in [9.17, 15) is 4.79 Å². The second-order valence-corrected chi connectivity index (χ2v) is 9.30. The zero-order chi connectivity index (χ0) is 24.2. The molecular weight excluding hydrogens is 481 g/mol. The first kappa shape index (κ1) is 23.4. The van der Waals surface area contributed by atoms with Crippen LogP contribution in [0.1, 0.15) is 32.8 Å². The van der Waals surface area contributed by atoms with Gasteiger partial charge in [0.1, 0.15) is 11.5 Å². The zero-order valence-corrected chi connectivity index (χ0v) is 20.4.